The van der Waals surface area contributed by atoms with Crippen molar-refractivity contribution in [1.82, 2.24) is 10.2 Å². The fraction of sp³-hybridized carbons (Fsp3) is 1.00. The number of hydrogen-bond donors (Lipinski definition) is 1. The van der Waals surface area contributed by atoms with Gasteiger partial charge in [0.1, 0.15) is 0 Å². The number of nitrogens with zero attached hydrogens (tertiary/aromatic N) is 1. The van der Waals surface area contributed by atoms with Crippen LogP contribution >= 0.6 is 0 Å². The molecule has 1 unspecified atom stereocenters. The molecular formula is C13H28N2. The fourth-order valence-electron chi connectivity index (χ4n) is 2.17. The van der Waals surface area contributed by atoms with Crippen molar-refractivity contribution < 1.29 is 0 Å². The zero-order valence-corrected chi connectivity index (χ0v) is 10.9. The van der Waals surface area contributed by atoms with E-state index in [2.05, 4.69) is 37.9 Å². The highest BCUT2D eigenvalue weighted by atomic mass is 15.2. The minimum atomic E-state index is 0.749. The van der Waals surface area contributed by atoms with Crippen molar-refractivity contribution in [2.75, 3.05) is 19.6 Å². The summed E-state index contributed by atoms with van der Waals surface area (Å²) in [4.78, 5) is 2.72. The molecule has 90 valence electrons. The van der Waals surface area contributed by atoms with Crippen LogP contribution in [-0.4, -0.2) is 36.6 Å². The summed E-state index contributed by atoms with van der Waals surface area (Å²) in [6, 6.07) is 1.66. The van der Waals surface area contributed by atoms with E-state index in [-0.39, 0.29) is 0 Å². The lowest BCUT2D eigenvalue weighted by molar-refractivity contribution is 0.168. The zero-order valence-electron chi connectivity index (χ0n) is 10.9. The molecule has 1 aliphatic rings. The number of hydrogen-bond acceptors (Lipinski definition) is 2. The summed E-state index contributed by atoms with van der Waals surface area (Å²) in [5.74, 6) is 0.798. The Hall–Kier alpha value is -0.0800. The van der Waals surface area contributed by atoms with E-state index in [1.54, 1.807) is 0 Å². The van der Waals surface area contributed by atoms with E-state index in [0.717, 1.165) is 24.5 Å². The first-order valence-electron chi connectivity index (χ1n) is 6.61. The zero-order chi connectivity index (χ0) is 11.3. The molecule has 2 nitrogen and oxygen atoms in total. The lowest BCUT2D eigenvalue weighted by atomic mass is 10.1. The summed E-state index contributed by atoms with van der Waals surface area (Å²) in [5.41, 5.74) is 0. The topological polar surface area (TPSA) is 15.3 Å². The Bertz CT molecular complexity index is 164. The van der Waals surface area contributed by atoms with Crippen LogP contribution in [0.15, 0.2) is 0 Å². The minimum absolute atomic E-state index is 0.749. The van der Waals surface area contributed by atoms with Crippen molar-refractivity contribution in [1.29, 1.82) is 0 Å². The average Bonchev–Trinajstić information content (AvgIpc) is 2.97. The smallest absolute Gasteiger partial charge is 0.00993 e. The van der Waals surface area contributed by atoms with Crippen molar-refractivity contribution in [3.8, 4) is 0 Å². The summed E-state index contributed by atoms with van der Waals surface area (Å²) in [7, 11) is 0. The first-order valence-corrected chi connectivity index (χ1v) is 6.61. The SMILES string of the molecule is CCNCCC(C)N(CC(C)C)C1CC1. The molecule has 1 aliphatic carbocycles. The number of nitrogens with one attached hydrogen (secondary N) is 1. The molecule has 0 aromatic heterocycles. The maximum Gasteiger partial charge on any atom is 0.00993 e. The quantitative estimate of drug-likeness (QED) is 0.622. The molecular weight excluding hydrogens is 184 g/mol. The molecule has 0 aromatic carbocycles. The van der Waals surface area contributed by atoms with Gasteiger partial charge in [0.05, 0.1) is 0 Å². The van der Waals surface area contributed by atoms with Crippen molar-refractivity contribution >= 4 is 0 Å². The normalized spacial score (nSPS) is 18.8. The molecule has 0 heterocycles. The second-order valence-corrected chi connectivity index (χ2v) is 5.31. The summed E-state index contributed by atoms with van der Waals surface area (Å²) in [5, 5.41) is 3.42. The average molecular weight is 212 g/mol. The van der Waals surface area contributed by atoms with E-state index in [1.165, 1.54) is 32.4 Å². The van der Waals surface area contributed by atoms with Crippen molar-refractivity contribution in [3.63, 3.8) is 0 Å². The molecule has 1 N–H and O–H groups in total. The summed E-state index contributed by atoms with van der Waals surface area (Å²) in [6.07, 6.45) is 4.15. The van der Waals surface area contributed by atoms with Gasteiger partial charge in [-0.05, 0) is 45.2 Å². The predicted octanol–water partition coefficient (Wildman–Crippen LogP) is 2.49. The Morgan fingerprint density at radius 2 is 1.93 bits per heavy atom. The Balaban J connectivity index is 2.27. The second kappa shape index (κ2) is 6.49. The van der Waals surface area contributed by atoms with Gasteiger partial charge in [0.2, 0.25) is 0 Å². The van der Waals surface area contributed by atoms with Gasteiger partial charge in [0, 0.05) is 18.6 Å². The van der Waals surface area contributed by atoms with Crippen LogP contribution in [0.4, 0.5) is 0 Å². The van der Waals surface area contributed by atoms with Crippen LogP contribution in [0.1, 0.15) is 47.0 Å². The van der Waals surface area contributed by atoms with Crippen LogP contribution in [0.5, 0.6) is 0 Å². The molecule has 2 heteroatoms. The Morgan fingerprint density at radius 1 is 1.27 bits per heavy atom. The molecule has 0 saturated heterocycles. The Morgan fingerprint density at radius 3 is 2.40 bits per heavy atom. The molecule has 1 atom stereocenters. The summed E-state index contributed by atoms with van der Waals surface area (Å²) in [6.45, 7) is 12.8. The van der Waals surface area contributed by atoms with Gasteiger partial charge in [-0.15, -0.1) is 0 Å². The van der Waals surface area contributed by atoms with Crippen LogP contribution < -0.4 is 5.32 Å². The Kier molecular flexibility index (Phi) is 5.62. The van der Waals surface area contributed by atoms with Gasteiger partial charge < -0.3 is 5.32 Å². The van der Waals surface area contributed by atoms with Crippen LogP contribution in [0, 0.1) is 5.92 Å². The maximum absolute atomic E-state index is 3.42. The molecule has 0 amide bonds. The molecule has 15 heavy (non-hydrogen) atoms. The molecule has 0 bridgehead atoms. The second-order valence-electron chi connectivity index (χ2n) is 5.31. The van der Waals surface area contributed by atoms with Gasteiger partial charge in [0.25, 0.3) is 0 Å². The molecule has 0 aromatic rings. The summed E-state index contributed by atoms with van der Waals surface area (Å²) >= 11 is 0. The molecule has 0 spiro atoms. The molecule has 0 radical (unpaired) electrons. The van der Waals surface area contributed by atoms with Crippen LogP contribution in [0.25, 0.3) is 0 Å². The monoisotopic (exact) mass is 212 g/mol. The lowest BCUT2D eigenvalue weighted by Gasteiger charge is -2.30. The van der Waals surface area contributed by atoms with Crippen molar-refractivity contribution in [2.24, 2.45) is 5.92 Å². The highest BCUT2D eigenvalue weighted by Crippen LogP contribution is 2.29. The number of rotatable bonds is 8. The third-order valence-electron chi connectivity index (χ3n) is 3.15. The molecule has 1 rings (SSSR count). The molecule has 1 saturated carbocycles. The highest BCUT2D eigenvalue weighted by molar-refractivity contribution is 4.87. The van der Waals surface area contributed by atoms with Crippen LogP contribution in [-0.2, 0) is 0 Å². The third-order valence-corrected chi connectivity index (χ3v) is 3.15. The minimum Gasteiger partial charge on any atom is -0.317 e. The van der Waals surface area contributed by atoms with E-state index in [0.29, 0.717) is 0 Å². The first-order chi connectivity index (χ1) is 7.15. The fourth-order valence-corrected chi connectivity index (χ4v) is 2.17. The van der Waals surface area contributed by atoms with Gasteiger partial charge in [0.15, 0.2) is 0 Å². The molecule has 1 fully saturated rings. The predicted molar refractivity (Wildman–Crippen MR) is 67.2 cm³/mol. The largest absolute Gasteiger partial charge is 0.317 e. The van der Waals surface area contributed by atoms with E-state index >= 15 is 0 Å². The van der Waals surface area contributed by atoms with E-state index in [9.17, 15) is 0 Å². The van der Waals surface area contributed by atoms with Gasteiger partial charge in [-0.2, -0.15) is 0 Å². The first kappa shape index (κ1) is 13.0. The summed E-state index contributed by atoms with van der Waals surface area (Å²) < 4.78 is 0. The highest BCUT2D eigenvalue weighted by Gasteiger charge is 2.31. The molecule has 0 aliphatic heterocycles. The van der Waals surface area contributed by atoms with E-state index in [4.69, 9.17) is 0 Å². The van der Waals surface area contributed by atoms with Gasteiger partial charge in [-0.3, -0.25) is 4.90 Å². The van der Waals surface area contributed by atoms with E-state index < -0.39 is 0 Å². The van der Waals surface area contributed by atoms with Crippen LogP contribution in [0.2, 0.25) is 0 Å². The van der Waals surface area contributed by atoms with Gasteiger partial charge >= 0.3 is 0 Å². The lowest BCUT2D eigenvalue weighted by Crippen LogP contribution is -2.39. The van der Waals surface area contributed by atoms with Crippen LogP contribution in [0.3, 0.4) is 0 Å². The Labute approximate surface area is 95.4 Å². The van der Waals surface area contributed by atoms with Gasteiger partial charge in [-0.1, -0.05) is 20.8 Å². The van der Waals surface area contributed by atoms with Crippen molar-refractivity contribution in [3.05, 3.63) is 0 Å². The van der Waals surface area contributed by atoms with E-state index in [1.807, 2.05) is 0 Å². The van der Waals surface area contributed by atoms with Gasteiger partial charge in [-0.25, -0.2) is 0 Å². The third kappa shape index (κ3) is 4.98. The standard InChI is InChI=1S/C13H28N2/c1-5-14-9-8-12(4)15(10-11(2)3)13-6-7-13/h11-14H,5-10H2,1-4H3. The van der Waals surface area contributed by atoms with Crippen molar-refractivity contribution in [2.45, 2.75) is 59.0 Å². The maximum atomic E-state index is 3.42.